The molecule has 1 amide bonds. The Hall–Kier alpha value is -3.19. The van der Waals surface area contributed by atoms with Crippen molar-refractivity contribution in [1.29, 1.82) is 0 Å². The van der Waals surface area contributed by atoms with E-state index in [1.807, 2.05) is 18.2 Å². The summed E-state index contributed by atoms with van der Waals surface area (Å²) in [4.78, 5) is 19.4. The topological polar surface area (TPSA) is 80.5 Å². The lowest BCUT2D eigenvalue weighted by Gasteiger charge is -2.32. The zero-order valence-corrected chi connectivity index (χ0v) is 17.1. The zero-order valence-electron chi connectivity index (χ0n) is 17.1. The fraction of sp³-hybridized carbons (Fsp3) is 0.348. The third kappa shape index (κ3) is 5.24. The van der Waals surface area contributed by atoms with Gasteiger partial charge in [-0.25, -0.2) is 0 Å². The highest BCUT2D eigenvalue weighted by Gasteiger charge is 2.22. The van der Waals surface area contributed by atoms with E-state index in [9.17, 15) is 4.79 Å². The number of aryl methyl sites for hydroxylation is 1. The van der Waals surface area contributed by atoms with Crippen LogP contribution in [-0.2, 0) is 13.2 Å². The summed E-state index contributed by atoms with van der Waals surface area (Å²) in [6.07, 6.45) is 1.87. The quantitative estimate of drug-likeness (QED) is 0.648. The first kappa shape index (κ1) is 20.1. The molecule has 30 heavy (non-hydrogen) atoms. The van der Waals surface area contributed by atoms with E-state index in [0.717, 1.165) is 32.5 Å². The molecular weight excluding hydrogens is 380 g/mol. The molecule has 0 atom stereocenters. The van der Waals surface area contributed by atoms with Gasteiger partial charge in [-0.1, -0.05) is 47.6 Å². The standard InChI is InChI=1S/C23H26N4O3/c1-17-24-22(26-30-17)16-29-21-10-6-5-9-20(21)23(28)25-19-11-13-27(14-12-19)15-18-7-3-2-4-8-18/h2-10,19H,11-16H2,1H3,(H,25,28). The summed E-state index contributed by atoms with van der Waals surface area (Å²) < 4.78 is 10.7. The Bertz CT molecular complexity index is 965. The van der Waals surface area contributed by atoms with Crippen molar-refractivity contribution in [2.45, 2.75) is 39.0 Å². The predicted molar refractivity (Wildman–Crippen MR) is 112 cm³/mol. The molecule has 0 saturated carbocycles. The van der Waals surface area contributed by atoms with Crippen LogP contribution in [0.5, 0.6) is 5.75 Å². The molecule has 2 aromatic carbocycles. The Balaban J connectivity index is 1.30. The maximum absolute atomic E-state index is 12.9. The van der Waals surface area contributed by atoms with Gasteiger partial charge in [0.05, 0.1) is 5.56 Å². The summed E-state index contributed by atoms with van der Waals surface area (Å²) >= 11 is 0. The van der Waals surface area contributed by atoms with Crippen LogP contribution in [-0.4, -0.2) is 40.1 Å². The SMILES string of the molecule is Cc1nc(COc2ccccc2C(=O)NC2CCN(Cc3ccccc3)CC2)no1. The molecule has 156 valence electrons. The number of benzene rings is 2. The highest BCUT2D eigenvalue weighted by Crippen LogP contribution is 2.20. The summed E-state index contributed by atoms with van der Waals surface area (Å²) in [6.45, 7) is 4.76. The number of carbonyl (C=O) groups excluding carboxylic acids is 1. The van der Waals surface area contributed by atoms with Crippen LogP contribution in [0.1, 0.15) is 40.5 Å². The van der Waals surface area contributed by atoms with E-state index in [1.54, 1.807) is 19.1 Å². The fourth-order valence-electron chi connectivity index (χ4n) is 3.66. The first-order valence-corrected chi connectivity index (χ1v) is 10.3. The van der Waals surface area contributed by atoms with E-state index in [4.69, 9.17) is 9.26 Å². The number of amides is 1. The van der Waals surface area contributed by atoms with Gasteiger partial charge in [0, 0.05) is 32.6 Å². The first-order chi connectivity index (χ1) is 14.7. The Morgan fingerprint density at radius 3 is 2.60 bits per heavy atom. The van der Waals surface area contributed by atoms with Gasteiger partial charge in [0.25, 0.3) is 5.91 Å². The number of ether oxygens (including phenoxy) is 1. The van der Waals surface area contributed by atoms with Gasteiger partial charge in [0.2, 0.25) is 11.7 Å². The van der Waals surface area contributed by atoms with Crippen molar-refractivity contribution >= 4 is 5.91 Å². The van der Waals surface area contributed by atoms with Crippen molar-refractivity contribution in [1.82, 2.24) is 20.4 Å². The van der Waals surface area contributed by atoms with Crippen molar-refractivity contribution in [2.24, 2.45) is 0 Å². The van der Waals surface area contributed by atoms with E-state index in [1.165, 1.54) is 5.56 Å². The van der Waals surface area contributed by atoms with E-state index in [-0.39, 0.29) is 18.6 Å². The molecule has 0 spiro atoms. The molecule has 1 fully saturated rings. The molecule has 1 saturated heterocycles. The van der Waals surface area contributed by atoms with E-state index < -0.39 is 0 Å². The number of nitrogens with one attached hydrogen (secondary N) is 1. The number of likely N-dealkylation sites (tertiary alicyclic amines) is 1. The van der Waals surface area contributed by atoms with Crippen LogP contribution in [0.2, 0.25) is 0 Å². The summed E-state index contributed by atoms with van der Waals surface area (Å²) in [5, 5.41) is 6.99. The number of piperidine rings is 1. The average molecular weight is 406 g/mol. The molecule has 0 bridgehead atoms. The van der Waals surface area contributed by atoms with Gasteiger partial charge in [0.1, 0.15) is 5.75 Å². The second kappa shape index (κ2) is 9.54. The number of hydrogen-bond acceptors (Lipinski definition) is 6. The normalized spacial score (nSPS) is 15.1. The molecule has 3 aromatic rings. The summed E-state index contributed by atoms with van der Waals surface area (Å²) in [7, 11) is 0. The van der Waals surface area contributed by atoms with Gasteiger partial charge >= 0.3 is 0 Å². The Kier molecular flexibility index (Phi) is 6.39. The molecule has 1 aromatic heterocycles. The lowest BCUT2D eigenvalue weighted by atomic mass is 10.0. The Labute approximate surface area is 176 Å². The smallest absolute Gasteiger partial charge is 0.255 e. The Morgan fingerprint density at radius 2 is 1.87 bits per heavy atom. The van der Waals surface area contributed by atoms with Crippen LogP contribution in [0, 0.1) is 6.92 Å². The number of aromatic nitrogens is 2. The first-order valence-electron chi connectivity index (χ1n) is 10.3. The number of nitrogens with zero attached hydrogens (tertiary/aromatic N) is 3. The molecule has 0 unspecified atom stereocenters. The number of rotatable bonds is 7. The second-order valence-electron chi connectivity index (χ2n) is 7.52. The minimum atomic E-state index is -0.114. The summed E-state index contributed by atoms with van der Waals surface area (Å²) in [5.41, 5.74) is 1.84. The molecule has 0 aliphatic carbocycles. The molecule has 4 rings (SSSR count). The highest BCUT2D eigenvalue weighted by molar-refractivity contribution is 5.97. The molecular formula is C23H26N4O3. The number of hydrogen-bond donors (Lipinski definition) is 1. The van der Waals surface area contributed by atoms with Crippen molar-refractivity contribution in [2.75, 3.05) is 13.1 Å². The van der Waals surface area contributed by atoms with E-state index in [2.05, 4.69) is 44.6 Å². The number of para-hydroxylation sites is 1. The van der Waals surface area contributed by atoms with Crippen LogP contribution < -0.4 is 10.1 Å². The van der Waals surface area contributed by atoms with Crippen LogP contribution in [0.25, 0.3) is 0 Å². The van der Waals surface area contributed by atoms with Gasteiger partial charge in [-0.15, -0.1) is 0 Å². The van der Waals surface area contributed by atoms with Gasteiger partial charge in [0.15, 0.2) is 6.61 Å². The fourth-order valence-corrected chi connectivity index (χ4v) is 3.66. The highest BCUT2D eigenvalue weighted by atomic mass is 16.5. The van der Waals surface area contributed by atoms with Crippen molar-refractivity contribution in [3.05, 3.63) is 77.4 Å². The maximum atomic E-state index is 12.9. The van der Waals surface area contributed by atoms with Crippen LogP contribution in [0.3, 0.4) is 0 Å². The lowest BCUT2D eigenvalue weighted by Crippen LogP contribution is -2.44. The molecule has 0 radical (unpaired) electrons. The van der Waals surface area contributed by atoms with Crippen molar-refractivity contribution < 1.29 is 14.1 Å². The maximum Gasteiger partial charge on any atom is 0.255 e. The van der Waals surface area contributed by atoms with Crippen molar-refractivity contribution in [3.8, 4) is 5.75 Å². The van der Waals surface area contributed by atoms with E-state index in [0.29, 0.717) is 23.0 Å². The molecule has 1 N–H and O–H groups in total. The molecule has 2 heterocycles. The third-order valence-corrected chi connectivity index (χ3v) is 5.23. The summed E-state index contributed by atoms with van der Waals surface area (Å²) in [6, 6.07) is 17.9. The van der Waals surface area contributed by atoms with Gasteiger partial charge in [-0.05, 0) is 30.5 Å². The Morgan fingerprint density at radius 1 is 1.13 bits per heavy atom. The summed E-state index contributed by atoms with van der Waals surface area (Å²) in [5.74, 6) is 1.34. The molecule has 7 nitrogen and oxygen atoms in total. The number of carbonyl (C=O) groups is 1. The lowest BCUT2D eigenvalue weighted by molar-refractivity contribution is 0.0904. The van der Waals surface area contributed by atoms with Crippen LogP contribution >= 0.6 is 0 Å². The van der Waals surface area contributed by atoms with Crippen molar-refractivity contribution in [3.63, 3.8) is 0 Å². The third-order valence-electron chi connectivity index (χ3n) is 5.23. The minimum Gasteiger partial charge on any atom is -0.485 e. The molecule has 7 heteroatoms. The van der Waals surface area contributed by atoms with Gasteiger partial charge in [-0.3, -0.25) is 9.69 Å². The minimum absolute atomic E-state index is 0.114. The molecule has 1 aliphatic rings. The monoisotopic (exact) mass is 406 g/mol. The molecule has 1 aliphatic heterocycles. The second-order valence-corrected chi connectivity index (χ2v) is 7.52. The predicted octanol–water partition coefficient (Wildman–Crippen LogP) is 3.35. The van der Waals surface area contributed by atoms with E-state index >= 15 is 0 Å². The van der Waals surface area contributed by atoms with Gasteiger partial charge < -0.3 is 14.6 Å². The van der Waals surface area contributed by atoms with Crippen LogP contribution in [0.15, 0.2) is 59.1 Å². The largest absolute Gasteiger partial charge is 0.485 e. The average Bonchev–Trinajstić information content (AvgIpc) is 3.20. The van der Waals surface area contributed by atoms with Gasteiger partial charge in [-0.2, -0.15) is 4.98 Å². The van der Waals surface area contributed by atoms with Crippen LogP contribution in [0.4, 0.5) is 0 Å². The zero-order chi connectivity index (χ0) is 20.8.